The average molecular weight is 354 g/mol. The molecule has 0 spiro atoms. The number of carbonyl (C=O) groups is 1. The number of nitrogens with zero attached hydrogens (tertiary/aromatic N) is 2. The first-order valence-corrected chi connectivity index (χ1v) is 8.85. The van der Waals surface area contributed by atoms with Crippen LogP contribution in [-0.2, 0) is 6.54 Å². The number of anilines is 2. The highest BCUT2D eigenvalue weighted by molar-refractivity contribution is 5.89. The molecule has 6 nitrogen and oxygen atoms in total. The summed E-state index contributed by atoms with van der Waals surface area (Å²) < 4.78 is 5.15. The maximum atomic E-state index is 12.1. The number of likely N-dealkylation sites (N-methyl/N-ethyl adjacent to an activating group) is 1. The van der Waals surface area contributed by atoms with Gasteiger partial charge in [0.1, 0.15) is 5.75 Å². The molecule has 1 fully saturated rings. The van der Waals surface area contributed by atoms with Crippen molar-refractivity contribution in [2.24, 2.45) is 0 Å². The van der Waals surface area contributed by atoms with Gasteiger partial charge in [-0.1, -0.05) is 18.2 Å². The van der Waals surface area contributed by atoms with Crippen LogP contribution < -0.4 is 20.3 Å². The van der Waals surface area contributed by atoms with Gasteiger partial charge in [-0.15, -0.1) is 0 Å². The number of hydrogen-bond acceptors (Lipinski definition) is 4. The molecule has 2 N–H and O–H groups in total. The van der Waals surface area contributed by atoms with E-state index in [9.17, 15) is 4.79 Å². The fraction of sp³-hybridized carbons (Fsp3) is 0.350. The van der Waals surface area contributed by atoms with Gasteiger partial charge >= 0.3 is 6.03 Å². The number of benzene rings is 2. The lowest BCUT2D eigenvalue weighted by atomic mass is 10.2. The van der Waals surface area contributed by atoms with Crippen molar-refractivity contribution >= 4 is 17.4 Å². The van der Waals surface area contributed by atoms with Crippen molar-refractivity contribution in [3.05, 3.63) is 54.1 Å². The van der Waals surface area contributed by atoms with E-state index in [1.54, 1.807) is 13.2 Å². The summed E-state index contributed by atoms with van der Waals surface area (Å²) in [6, 6.07) is 15.4. The van der Waals surface area contributed by atoms with E-state index >= 15 is 0 Å². The maximum absolute atomic E-state index is 12.1. The number of rotatable bonds is 5. The van der Waals surface area contributed by atoms with Crippen molar-refractivity contribution in [2.45, 2.75) is 6.54 Å². The number of amides is 2. The fourth-order valence-corrected chi connectivity index (χ4v) is 2.95. The number of ether oxygens (including phenoxy) is 1. The van der Waals surface area contributed by atoms with E-state index in [2.05, 4.69) is 51.7 Å². The number of nitrogens with one attached hydrogen (secondary N) is 2. The number of piperazine rings is 1. The minimum absolute atomic E-state index is 0.235. The Morgan fingerprint density at radius 2 is 1.81 bits per heavy atom. The zero-order chi connectivity index (χ0) is 18.4. The summed E-state index contributed by atoms with van der Waals surface area (Å²) in [4.78, 5) is 16.8. The molecule has 2 amide bonds. The average Bonchev–Trinajstić information content (AvgIpc) is 2.67. The van der Waals surface area contributed by atoms with Crippen LogP contribution in [-0.4, -0.2) is 51.3 Å². The summed E-state index contributed by atoms with van der Waals surface area (Å²) in [6.45, 7) is 4.77. The highest BCUT2D eigenvalue weighted by atomic mass is 16.5. The summed E-state index contributed by atoms with van der Waals surface area (Å²) in [7, 11) is 3.76. The summed E-state index contributed by atoms with van der Waals surface area (Å²) in [5.74, 6) is 0.710. The summed E-state index contributed by atoms with van der Waals surface area (Å²) in [5, 5.41) is 5.69. The second-order valence-corrected chi connectivity index (χ2v) is 6.50. The van der Waals surface area contributed by atoms with E-state index in [0.29, 0.717) is 18.0 Å². The second-order valence-electron chi connectivity index (χ2n) is 6.50. The van der Waals surface area contributed by atoms with Crippen molar-refractivity contribution in [3.63, 3.8) is 0 Å². The van der Waals surface area contributed by atoms with Crippen molar-refractivity contribution in [3.8, 4) is 5.75 Å². The quantitative estimate of drug-likeness (QED) is 0.867. The lowest BCUT2D eigenvalue weighted by Gasteiger charge is -2.34. The number of methoxy groups -OCH3 is 1. The molecule has 0 saturated carbocycles. The number of hydrogen-bond donors (Lipinski definition) is 2. The van der Waals surface area contributed by atoms with E-state index in [1.807, 2.05) is 18.2 Å². The first kappa shape index (κ1) is 18.1. The largest absolute Gasteiger partial charge is 0.497 e. The Morgan fingerprint density at radius 1 is 1.08 bits per heavy atom. The molecule has 1 aliphatic rings. The van der Waals surface area contributed by atoms with Crippen LogP contribution >= 0.6 is 0 Å². The van der Waals surface area contributed by atoms with Crippen molar-refractivity contribution in [1.82, 2.24) is 10.2 Å². The molecule has 26 heavy (non-hydrogen) atoms. The Bertz CT molecular complexity index is 725. The SMILES string of the molecule is COc1cccc(NC(=O)NCc2ccc(N3CCN(C)CC3)cc2)c1. The van der Waals surface area contributed by atoms with Gasteiger partial charge in [-0.2, -0.15) is 0 Å². The molecule has 0 bridgehead atoms. The lowest BCUT2D eigenvalue weighted by Crippen LogP contribution is -2.44. The van der Waals surface area contributed by atoms with E-state index in [1.165, 1.54) is 5.69 Å². The molecule has 138 valence electrons. The number of carbonyl (C=O) groups excluding carboxylic acids is 1. The molecule has 0 aliphatic carbocycles. The van der Waals surface area contributed by atoms with Crippen LogP contribution in [0.3, 0.4) is 0 Å². The Balaban J connectivity index is 1.49. The summed E-state index contributed by atoms with van der Waals surface area (Å²) >= 11 is 0. The van der Waals surface area contributed by atoms with Gasteiger partial charge in [0.15, 0.2) is 0 Å². The van der Waals surface area contributed by atoms with Crippen LogP contribution in [0.1, 0.15) is 5.56 Å². The van der Waals surface area contributed by atoms with E-state index in [-0.39, 0.29) is 6.03 Å². The van der Waals surface area contributed by atoms with Crippen LogP contribution in [0, 0.1) is 0 Å². The van der Waals surface area contributed by atoms with Gasteiger partial charge in [0.25, 0.3) is 0 Å². The Kier molecular flexibility index (Phi) is 5.96. The molecule has 0 atom stereocenters. The normalized spacial score (nSPS) is 14.8. The predicted octanol–water partition coefficient (Wildman–Crippen LogP) is 2.77. The first-order chi connectivity index (χ1) is 12.6. The zero-order valence-corrected chi connectivity index (χ0v) is 15.4. The van der Waals surface area contributed by atoms with Crippen molar-refractivity contribution < 1.29 is 9.53 Å². The van der Waals surface area contributed by atoms with Gasteiger partial charge in [0.05, 0.1) is 7.11 Å². The van der Waals surface area contributed by atoms with Crippen LogP contribution in [0.4, 0.5) is 16.2 Å². The van der Waals surface area contributed by atoms with E-state index in [0.717, 1.165) is 31.7 Å². The summed E-state index contributed by atoms with van der Waals surface area (Å²) in [6.07, 6.45) is 0. The monoisotopic (exact) mass is 354 g/mol. The molecule has 1 aliphatic heterocycles. The van der Waals surface area contributed by atoms with Gasteiger partial charge in [0, 0.05) is 50.2 Å². The third-order valence-electron chi connectivity index (χ3n) is 4.59. The van der Waals surface area contributed by atoms with Gasteiger partial charge < -0.3 is 25.2 Å². The lowest BCUT2D eigenvalue weighted by molar-refractivity contribution is 0.251. The zero-order valence-electron chi connectivity index (χ0n) is 15.4. The molecule has 2 aromatic carbocycles. The van der Waals surface area contributed by atoms with Crippen molar-refractivity contribution in [1.29, 1.82) is 0 Å². The van der Waals surface area contributed by atoms with Gasteiger partial charge in [0.2, 0.25) is 0 Å². The molecule has 1 heterocycles. The third kappa shape index (κ3) is 4.89. The van der Waals surface area contributed by atoms with Gasteiger partial charge in [-0.05, 0) is 36.9 Å². The minimum Gasteiger partial charge on any atom is -0.497 e. The van der Waals surface area contributed by atoms with Gasteiger partial charge in [-0.25, -0.2) is 4.79 Å². The summed E-state index contributed by atoms with van der Waals surface area (Å²) in [5.41, 5.74) is 3.01. The maximum Gasteiger partial charge on any atom is 0.319 e. The fourth-order valence-electron chi connectivity index (χ4n) is 2.95. The van der Waals surface area contributed by atoms with Gasteiger partial charge in [-0.3, -0.25) is 0 Å². The molecule has 1 saturated heterocycles. The molecule has 3 rings (SSSR count). The van der Waals surface area contributed by atoms with E-state index in [4.69, 9.17) is 4.74 Å². The van der Waals surface area contributed by atoms with Crippen LogP contribution in [0.25, 0.3) is 0 Å². The first-order valence-electron chi connectivity index (χ1n) is 8.85. The Morgan fingerprint density at radius 3 is 2.50 bits per heavy atom. The van der Waals surface area contributed by atoms with Crippen LogP contribution in [0.2, 0.25) is 0 Å². The minimum atomic E-state index is -0.235. The third-order valence-corrected chi connectivity index (χ3v) is 4.59. The van der Waals surface area contributed by atoms with Crippen LogP contribution in [0.15, 0.2) is 48.5 Å². The highest BCUT2D eigenvalue weighted by Crippen LogP contribution is 2.18. The molecule has 6 heteroatoms. The number of urea groups is 1. The molecule has 2 aromatic rings. The standard InChI is InChI=1S/C20H26N4O2/c1-23-10-12-24(13-11-23)18-8-6-16(7-9-18)15-21-20(25)22-17-4-3-5-19(14-17)26-2/h3-9,14H,10-13,15H2,1-2H3,(H2,21,22,25). The highest BCUT2D eigenvalue weighted by Gasteiger charge is 2.14. The van der Waals surface area contributed by atoms with Crippen molar-refractivity contribution in [2.75, 3.05) is 50.6 Å². The smallest absolute Gasteiger partial charge is 0.319 e. The Hall–Kier alpha value is -2.73. The molecular weight excluding hydrogens is 328 g/mol. The molecule has 0 aromatic heterocycles. The van der Waals surface area contributed by atoms with E-state index < -0.39 is 0 Å². The topological polar surface area (TPSA) is 56.8 Å². The molecule has 0 unspecified atom stereocenters. The second kappa shape index (κ2) is 8.58. The Labute approximate surface area is 154 Å². The predicted molar refractivity (Wildman–Crippen MR) is 105 cm³/mol. The molecule has 0 radical (unpaired) electrons. The molecular formula is C20H26N4O2. The van der Waals surface area contributed by atoms with Crippen LogP contribution in [0.5, 0.6) is 5.75 Å².